The molecule has 0 saturated heterocycles. The lowest BCUT2D eigenvalue weighted by Gasteiger charge is -2.01. The zero-order chi connectivity index (χ0) is 11.3. The third kappa shape index (κ3) is 3.40. The minimum absolute atomic E-state index is 0.158. The smallest absolute Gasteiger partial charge is 0.250 e. The van der Waals surface area contributed by atoms with Gasteiger partial charge in [-0.2, -0.15) is 0 Å². The Morgan fingerprint density at radius 1 is 1.47 bits per heavy atom. The van der Waals surface area contributed by atoms with Crippen molar-refractivity contribution in [1.29, 1.82) is 0 Å². The average molecular weight is 247 g/mol. The summed E-state index contributed by atoms with van der Waals surface area (Å²) in [6, 6.07) is 3.39. The van der Waals surface area contributed by atoms with Gasteiger partial charge in [0, 0.05) is 17.8 Å². The first-order chi connectivity index (χ1) is 7.10. The Balaban J connectivity index is 2.72. The van der Waals surface area contributed by atoms with Crippen LogP contribution >= 0.6 is 11.3 Å². The molecule has 84 valence electrons. The fourth-order valence-electron chi connectivity index (χ4n) is 1.02. The van der Waals surface area contributed by atoms with Gasteiger partial charge in [-0.25, -0.2) is 13.1 Å². The number of sulfonamides is 1. The average Bonchev–Trinajstić information content (AvgIpc) is 2.66. The normalized spacial score (nSPS) is 11.5. The number of hydrogen-bond acceptors (Lipinski definition) is 4. The second-order valence-corrected chi connectivity index (χ2v) is 6.09. The van der Waals surface area contributed by atoms with Crippen molar-refractivity contribution in [2.45, 2.75) is 24.0 Å². The SMILES string of the molecule is CCc1ccc(S(=O)(=O)NCCC=O)s1. The molecule has 0 bridgehead atoms. The fraction of sp³-hybridized carbons (Fsp3) is 0.444. The maximum atomic E-state index is 11.6. The van der Waals surface area contributed by atoms with Crippen LogP contribution in [-0.2, 0) is 21.2 Å². The van der Waals surface area contributed by atoms with E-state index in [0.29, 0.717) is 10.5 Å². The van der Waals surface area contributed by atoms with Gasteiger partial charge < -0.3 is 4.79 Å². The van der Waals surface area contributed by atoms with Crippen molar-refractivity contribution in [2.24, 2.45) is 0 Å². The Bertz CT molecular complexity index is 422. The number of aldehydes is 1. The zero-order valence-corrected chi connectivity index (χ0v) is 10.0. The van der Waals surface area contributed by atoms with Gasteiger partial charge in [0.1, 0.15) is 10.5 Å². The number of carbonyl (C=O) groups is 1. The monoisotopic (exact) mass is 247 g/mol. The highest BCUT2D eigenvalue weighted by atomic mass is 32.2. The lowest BCUT2D eigenvalue weighted by Crippen LogP contribution is -2.24. The molecule has 0 unspecified atom stereocenters. The fourth-order valence-corrected chi connectivity index (χ4v) is 3.40. The third-order valence-corrected chi connectivity index (χ3v) is 4.99. The van der Waals surface area contributed by atoms with Gasteiger partial charge in [0.2, 0.25) is 10.0 Å². The molecule has 6 heteroatoms. The highest BCUT2D eigenvalue weighted by Crippen LogP contribution is 2.21. The molecule has 0 amide bonds. The quantitative estimate of drug-likeness (QED) is 0.606. The van der Waals surface area contributed by atoms with E-state index in [1.54, 1.807) is 12.1 Å². The second-order valence-electron chi connectivity index (χ2n) is 2.93. The number of thiophene rings is 1. The van der Waals surface area contributed by atoms with Crippen LogP contribution in [0.2, 0.25) is 0 Å². The Morgan fingerprint density at radius 2 is 2.20 bits per heavy atom. The van der Waals surface area contributed by atoms with Gasteiger partial charge >= 0.3 is 0 Å². The maximum absolute atomic E-state index is 11.6. The highest BCUT2D eigenvalue weighted by Gasteiger charge is 2.15. The van der Waals surface area contributed by atoms with Crippen molar-refractivity contribution in [3.8, 4) is 0 Å². The third-order valence-electron chi connectivity index (χ3n) is 1.80. The molecule has 1 heterocycles. The van der Waals surface area contributed by atoms with Gasteiger partial charge in [0.15, 0.2) is 0 Å². The molecule has 1 aromatic heterocycles. The topological polar surface area (TPSA) is 63.2 Å². The van der Waals surface area contributed by atoms with E-state index in [-0.39, 0.29) is 13.0 Å². The number of nitrogens with one attached hydrogen (secondary N) is 1. The van der Waals surface area contributed by atoms with Crippen LogP contribution in [0.5, 0.6) is 0 Å². The van der Waals surface area contributed by atoms with E-state index in [4.69, 9.17) is 0 Å². The predicted octanol–water partition coefficient (Wildman–Crippen LogP) is 1.18. The van der Waals surface area contributed by atoms with Gasteiger partial charge in [-0.05, 0) is 18.6 Å². The van der Waals surface area contributed by atoms with Crippen LogP contribution in [0.1, 0.15) is 18.2 Å². The van der Waals surface area contributed by atoms with Gasteiger partial charge in [0.05, 0.1) is 0 Å². The maximum Gasteiger partial charge on any atom is 0.250 e. The molecule has 15 heavy (non-hydrogen) atoms. The minimum atomic E-state index is -3.41. The standard InChI is InChI=1S/C9H13NO3S2/c1-2-8-4-5-9(14-8)15(12,13)10-6-3-7-11/h4-5,7,10H,2-3,6H2,1H3. The van der Waals surface area contributed by atoms with Crippen LogP contribution in [0.25, 0.3) is 0 Å². The van der Waals surface area contributed by atoms with Crippen molar-refractivity contribution < 1.29 is 13.2 Å². The Kier molecular flexibility index (Phi) is 4.44. The molecule has 0 aliphatic heterocycles. The second kappa shape index (κ2) is 5.39. The number of aryl methyl sites for hydroxylation is 1. The molecule has 0 spiro atoms. The summed E-state index contributed by atoms with van der Waals surface area (Å²) in [7, 11) is -3.41. The Labute approximate surface area is 93.4 Å². The summed E-state index contributed by atoms with van der Waals surface area (Å²) in [6.07, 6.45) is 1.72. The van der Waals surface area contributed by atoms with Crippen LogP contribution < -0.4 is 4.72 Å². The molecule has 0 radical (unpaired) electrons. The van der Waals surface area contributed by atoms with E-state index in [1.165, 1.54) is 11.3 Å². The van der Waals surface area contributed by atoms with Crippen molar-refractivity contribution in [2.75, 3.05) is 6.54 Å². The number of rotatable bonds is 6. The van der Waals surface area contributed by atoms with E-state index in [1.807, 2.05) is 6.92 Å². The summed E-state index contributed by atoms with van der Waals surface area (Å²) >= 11 is 1.26. The van der Waals surface area contributed by atoms with Crippen molar-refractivity contribution in [1.82, 2.24) is 4.72 Å². The lowest BCUT2D eigenvalue weighted by atomic mass is 10.4. The lowest BCUT2D eigenvalue weighted by molar-refractivity contribution is -0.107. The molecule has 0 atom stereocenters. The molecular weight excluding hydrogens is 234 g/mol. The molecule has 1 aromatic rings. The van der Waals surface area contributed by atoms with E-state index in [2.05, 4.69) is 4.72 Å². The number of hydrogen-bond donors (Lipinski definition) is 1. The first-order valence-electron chi connectivity index (χ1n) is 4.62. The molecule has 4 nitrogen and oxygen atoms in total. The van der Waals surface area contributed by atoms with E-state index in [0.717, 1.165) is 11.3 Å². The number of carbonyl (C=O) groups excluding carboxylic acids is 1. The summed E-state index contributed by atoms with van der Waals surface area (Å²) in [6.45, 7) is 2.13. The van der Waals surface area contributed by atoms with Gasteiger partial charge in [0.25, 0.3) is 0 Å². The summed E-state index contributed by atoms with van der Waals surface area (Å²) in [4.78, 5) is 11.1. The molecule has 0 fully saturated rings. The van der Waals surface area contributed by atoms with Gasteiger partial charge in [-0.15, -0.1) is 11.3 Å². The van der Waals surface area contributed by atoms with Crippen LogP contribution in [0.15, 0.2) is 16.3 Å². The molecular formula is C9H13NO3S2. The van der Waals surface area contributed by atoms with E-state index >= 15 is 0 Å². The largest absolute Gasteiger partial charge is 0.303 e. The molecule has 1 N–H and O–H groups in total. The molecule has 0 aromatic carbocycles. The van der Waals surface area contributed by atoms with Gasteiger partial charge in [-0.1, -0.05) is 6.92 Å². The summed E-state index contributed by atoms with van der Waals surface area (Å²) in [5, 5.41) is 0. The van der Waals surface area contributed by atoms with Crippen LogP contribution in [0.3, 0.4) is 0 Å². The Hall–Kier alpha value is -0.720. The van der Waals surface area contributed by atoms with Crippen LogP contribution in [-0.4, -0.2) is 21.2 Å². The van der Waals surface area contributed by atoms with Crippen molar-refractivity contribution >= 4 is 27.6 Å². The minimum Gasteiger partial charge on any atom is -0.303 e. The summed E-state index contributed by atoms with van der Waals surface area (Å²) < 4.78 is 25.9. The van der Waals surface area contributed by atoms with E-state index < -0.39 is 10.0 Å². The predicted molar refractivity (Wildman–Crippen MR) is 59.6 cm³/mol. The van der Waals surface area contributed by atoms with Crippen LogP contribution in [0.4, 0.5) is 0 Å². The summed E-state index contributed by atoms with van der Waals surface area (Å²) in [5.74, 6) is 0. The zero-order valence-electron chi connectivity index (χ0n) is 8.39. The molecule has 0 aliphatic rings. The van der Waals surface area contributed by atoms with Crippen molar-refractivity contribution in [3.63, 3.8) is 0 Å². The molecule has 1 rings (SSSR count). The first kappa shape index (κ1) is 12.4. The van der Waals surface area contributed by atoms with Gasteiger partial charge in [-0.3, -0.25) is 0 Å². The molecule has 0 saturated carbocycles. The summed E-state index contributed by atoms with van der Waals surface area (Å²) in [5.41, 5.74) is 0. The van der Waals surface area contributed by atoms with E-state index in [9.17, 15) is 13.2 Å². The highest BCUT2D eigenvalue weighted by molar-refractivity contribution is 7.91. The molecule has 0 aliphatic carbocycles. The van der Waals surface area contributed by atoms with Crippen molar-refractivity contribution in [3.05, 3.63) is 17.0 Å². The Morgan fingerprint density at radius 3 is 2.73 bits per heavy atom. The first-order valence-corrected chi connectivity index (χ1v) is 6.92. The van der Waals surface area contributed by atoms with Crippen LogP contribution in [0, 0.1) is 0 Å².